The van der Waals surface area contributed by atoms with Crippen LogP contribution in [-0.4, -0.2) is 23.8 Å². The zero-order valence-electron chi connectivity index (χ0n) is 14.6. The predicted octanol–water partition coefficient (Wildman–Crippen LogP) is 4.45. The molecule has 144 valence electrons. The number of nitrogens with zero attached hydrogens (tertiary/aromatic N) is 2. The van der Waals surface area contributed by atoms with Crippen molar-refractivity contribution < 1.29 is 14.3 Å². The van der Waals surface area contributed by atoms with E-state index in [9.17, 15) is 9.59 Å². The van der Waals surface area contributed by atoms with Gasteiger partial charge in [0, 0.05) is 10.6 Å². The van der Waals surface area contributed by atoms with Crippen molar-refractivity contribution in [2.45, 2.75) is 13.0 Å². The standard InChI is InChI=1S/C19H14Cl3N3O3/c1-10(2)18(26)23-17-16(28-12-6-4-3-5-7-12)19(27)25(24-17)15-13(21)8-11(20)9-14(15)22/h3-9,16H,1H2,2H3,(H,23,24,26). The number of hydrazone groups is 1. The lowest BCUT2D eigenvalue weighted by atomic mass is 10.2. The molecule has 1 unspecified atom stereocenters. The van der Waals surface area contributed by atoms with Gasteiger partial charge in [0.15, 0.2) is 5.84 Å². The molecular weight excluding hydrogens is 425 g/mol. The van der Waals surface area contributed by atoms with E-state index in [0.717, 1.165) is 5.01 Å². The molecule has 0 saturated heterocycles. The number of rotatable bonds is 4. The Hall–Kier alpha value is -2.54. The van der Waals surface area contributed by atoms with Gasteiger partial charge in [-0.2, -0.15) is 5.01 Å². The molecule has 2 amide bonds. The summed E-state index contributed by atoms with van der Waals surface area (Å²) in [6.07, 6.45) is -1.20. The fourth-order valence-electron chi connectivity index (χ4n) is 2.39. The number of amidine groups is 1. The molecular formula is C19H14Cl3N3O3. The number of halogens is 3. The van der Waals surface area contributed by atoms with Crippen molar-refractivity contribution in [3.63, 3.8) is 0 Å². The van der Waals surface area contributed by atoms with Crippen LogP contribution in [-0.2, 0) is 9.59 Å². The van der Waals surface area contributed by atoms with Gasteiger partial charge in [-0.1, -0.05) is 59.6 Å². The Bertz CT molecular complexity index is 969. The van der Waals surface area contributed by atoms with Gasteiger partial charge in [-0.05, 0) is 31.2 Å². The third-order valence-electron chi connectivity index (χ3n) is 3.71. The van der Waals surface area contributed by atoms with Crippen LogP contribution in [0.4, 0.5) is 5.69 Å². The van der Waals surface area contributed by atoms with Crippen molar-refractivity contribution in [1.29, 1.82) is 0 Å². The van der Waals surface area contributed by atoms with Gasteiger partial charge in [0.2, 0.25) is 6.10 Å². The lowest BCUT2D eigenvalue weighted by molar-refractivity contribution is -0.121. The summed E-state index contributed by atoms with van der Waals surface area (Å²) in [5, 5.41) is 8.27. The lowest BCUT2D eigenvalue weighted by Gasteiger charge is -2.18. The second-order valence-electron chi connectivity index (χ2n) is 5.90. The summed E-state index contributed by atoms with van der Waals surface area (Å²) in [7, 11) is 0. The highest BCUT2D eigenvalue weighted by Crippen LogP contribution is 2.38. The Morgan fingerprint density at radius 2 is 1.79 bits per heavy atom. The van der Waals surface area contributed by atoms with Crippen LogP contribution in [0.5, 0.6) is 5.75 Å². The van der Waals surface area contributed by atoms with Crippen LogP contribution < -0.4 is 15.1 Å². The topological polar surface area (TPSA) is 71.0 Å². The second-order valence-corrected chi connectivity index (χ2v) is 7.15. The van der Waals surface area contributed by atoms with Gasteiger partial charge in [-0.3, -0.25) is 9.59 Å². The summed E-state index contributed by atoms with van der Waals surface area (Å²) in [5.41, 5.74) is 0.383. The largest absolute Gasteiger partial charge is 0.472 e. The number of anilines is 1. The van der Waals surface area contributed by atoms with Crippen molar-refractivity contribution >= 4 is 58.1 Å². The Morgan fingerprint density at radius 3 is 2.36 bits per heavy atom. The summed E-state index contributed by atoms with van der Waals surface area (Å²) in [5.74, 6) is -0.660. The van der Waals surface area contributed by atoms with Gasteiger partial charge in [-0.25, -0.2) is 0 Å². The molecule has 1 aliphatic rings. The molecule has 2 aromatic rings. The smallest absolute Gasteiger partial charge is 0.296 e. The van der Waals surface area contributed by atoms with Crippen molar-refractivity contribution in [2.75, 3.05) is 5.01 Å². The number of para-hydroxylation sites is 1. The number of carbonyl (C=O) groups is 2. The molecule has 6 nitrogen and oxygen atoms in total. The molecule has 0 spiro atoms. The number of ether oxygens (including phenoxy) is 1. The van der Waals surface area contributed by atoms with Crippen LogP contribution in [0.3, 0.4) is 0 Å². The summed E-state index contributed by atoms with van der Waals surface area (Å²) in [6.45, 7) is 5.11. The molecule has 0 aliphatic carbocycles. The van der Waals surface area contributed by atoms with E-state index in [4.69, 9.17) is 39.5 Å². The van der Waals surface area contributed by atoms with Crippen molar-refractivity contribution in [3.05, 3.63) is 69.7 Å². The minimum Gasteiger partial charge on any atom is -0.472 e. The van der Waals surface area contributed by atoms with Crippen molar-refractivity contribution in [1.82, 2.24) is 5.32 Å². The van der Waals surface area contributed by atoms with Gasteiger partial charge >= 0.3 is 0 Å². The van der Waals surface area contributed by atoms with Crippen LogP contribution in [0.15, 0.2) is 59.7 Å². The van der Waals surface area contributed by atoms with Crippen LogP contribution in [0.1, 0.15) is 6.92 Å². The third kappa shape index (κ3) is 4.14. The Kier molecular flexibility index (Phi) is 5.93. The molecule has 1 heterocycles. The average molecular weight is 439 g/mol. The van der Waals surface area contributed by atoms with Crippen LogP contribution >= 0.6 is 34.8 Å². The first-order valence-electron chi connectivity index (χ1n) is 8.03. The van der Waals surface area contributed by atoms with E-state index in [1.165, 1.54) is 19.1 Å². The minimum absolute atomic E-state index is 0.0102. The van der Waals surface area contributed by atoms with Crippen molar-refractivity contribution in [3.8, 4) is 5.75 Å². The average Bonchev–Trinajstić information content (AvgIpc) is 2.91. The number of nitrogens with one attached hydrogen (secondary N) is 1. The monoisotopic (exact) mass is 437 g/mol. The number of hydrogen-bond donors (Lipinski definition) is 1. The fraction of sp³-hybridized carbons (Fsp3) is 0.105. The molecule has 1 N–H and O–H groups in total. The number of benzene rings is 2. The minimum atomic E-state index is -1.20. The highest BCUT2D eigenvalue weighted by Gasteiger charge is 2.41. The lowest BCUT2D eigenvalue weighted by Crippen LogP contribution is -2.44. The van der Waals surface area contributed by atoms with E-state index >= 15 is 0 Å². The zero-order chi connectivity index (χ0) is 20.4. The van der Waals surface area contributed by atoms with E-state index in [1.54, 1.807) is 30.3 Å². The number of hydrogen-bond acceptors (Lipinski definition) is 4. The van der Waals surface area contributed by atoms with E-state index in [2.05, 4.69) is 17.0 Å². The molecule has 0 fully saturated rings. The molecule has 0 bridgehead atoms. The first-order chi connectivity index (χ1) is 13.3. The molecule has 9 heteroatoms. The molecule has 3 rings (SSSR count). The summed E-state index contributed by atoms with van der Waals surface area (Å²) in [6, 6.07) is 11.5. The van der Waals surface area contributed by atoms with E-state index in [-0.39, 0.29) is 27.1 Å². The first-order valence-corrected chi connectivity index (χ1v) is 9.17. The maximum absolute atomic E-state index is 13.0. The summed E-state index contributed by atoms with van der Waals surface area (Å²) >= 11 is 18.4. The molecule has 28 heavy (non-hydrogen) atoms. The maximum atomic E-state index is 13.0. The van der Waals surface area contributed by atoms with E-state index in [0.29, 0.717) is 10.8 Å². The highest BCUT2D eigenvalue weighted by molar-refractivity contribution is 6.43. The summed E-state index contributed by atoms with van der Waals surface area (Å²) < 4.78 is 5.76. The molecule has 1 aliphatic heterocycles. The predicted molar refractivity (Wildman–Crippen MR) is 110 cm³/mol. The maximum Gasteiger partial charge on any atom is 0.296 e. The van der Waals surface area contributed by atoms with Crippen LogP contribution in [0.2, 0.25) is 15.1 Å². The van der Waals surface area contributed by atoms with E-state index < -0.39 is 17.9 Å². The normalized spacial score (nSPS) is 16.0. The van der Waals surface area contributed by atoms with Gasteiger partial charge in [0.25, 0.3) is 11.8 Å². The fourth-order valence-corrected chi connectivity index (χ4v) is 3.37. The van der Waals surface area contributed by atoms with Gasteiger partial charge in [0.1, 0.15) is 11.4 Å². The zero-order valence-corrected chi connectivity index (χ0v) is 16.8. The van der Waals surface area contributed by atoms with Crippen molar-refractivity contribution in [2.24, 2.45) is 5.10 Å². The molecule has 1 atom stereocenters. The molecule has 2 aromatic carbocycles. The molecule has 0 radical (unpaired) electrons. The van der Waals surface area contributed by atoms with Gasteiger partial charge in [-0.15, -0.1) is 5.10 Å². The number of amides is 2. The Morgan fingerprint density at radius 1 is 1.18 bits per heavy atom. The SMILES string of the molecule is C=C(C)C(=O)NC1=NN(c2c(Cl)cc(Cl)cc2Cl)C(=O)C1Oc1ccccc1. The Balaban J connectivity index is 2.00. The van der Waals surface area contributed by atoms with Crippen LogP contribution in [0, 0.1) is 0 Å². The second kappa shape index (κ2) is 8.22. The third-order valence-corrected chi connectivity index (χ3v) is 4.50. The van der Waals surface area contributed by atoms with Crippen LogP contribution in [0.25, 0.3) is 0 Å². The molecule has 0 aromatic heterocycles. The number of carbonyl (C=O) groups excluding carboxylic acids is 2. The highest BCUT2D eigenvalue weighted by atomic mass is 35.5. The summed E-state index contributed by atoms with van der Waals surface area (Å²) in [4.78, 5) is 25.1. The van der Waals surface area contributed by atoms with E-state index in [1.807, 2.05) is 0 Å². The quantitative estimate of drug-likeness (QED) is 0.717. The Labute approximate surface area is 176 Å². The van der Waals surface area contributed by atoms with Gasteiger partial charge < -0.3 is 10.1 Å². The first kappa shape index (κ1) is 20.2. The van der Waals surface area contributed by atoms with Gasteiger partial charge in [0.05, 0.1) is 10.0 Å². The molecule has 0 saturated carbocycles.